The molecule has 2 heterocycles. The first-order chi connectivity index (χ1) is 9.04. The molecule has 1 atom stereocenters. The van der Waals surface area contributed by atoms with E-state index in [2.05, 4.69) is 27.2 Å². The van der Waals surface area contributed by atoms with Crippen molar-refractivity contribution in [3.63, 3.8) is 0 Å². The molecule has 1 aromatic rings. The Kier molecular flexibility index (Phi) is 3.87. The van der Waals surface area contributed by atoms with Gasteiger partial charge in [0.05, 0.1) is 11.3 Å². The van der Waals surface area contributed by atoms with E-state index in [-0.39, 0.29) is 5.84 Å². The van der Waals surface area contributed by atoms with Crippen LogP contribution in [0.3, 0.4) is 0 Å². The fourth-order valence-corrected chi connectivity index (χ4v) is 2.56. The Balaban J connectivity index is 2.47. The standard InChI is InChI=1S/C13H21N5O/c1-8-5-4-6-18(7-8)13-11(12(14)17-19)9(2)10(3)15-16-13/h8,19H,4-7H2,1-3H3,(H2,14,17). The van der Waals surface area contributed by atoms with Gasteiger partial charge < -0.3 is 15.8 Å². The van der Waals surface area contributed by atoms with Gasteiger partial charge in [-0.25, -0.2) is 0 Å². The lowest BCUT2D eigenvalue weighted by molar-refractivity contribution is 0.318. The predicted octanol–water partition coefficient (Wildman–Crippen LogP) is 1.42. The Morgan fingerprint density at radius 2 is 2.16 bits per heavy atom. The van der Waals surface area contributed by atoms with E-state index in [4.69, 9.17) is 10.9 Å². The van der Waals surface area contributed by atoms with Gasteiger partial charge in [0.1, 0.15) is 0 Å². The van der Waals surface area contributed by atoms with Gasteiger partial charge >= 0.3 is 0 Å². The van der Waals surface area contributed by atoms with Crippen LogP contribution in [0.1, 0.15) is 36.6 Å². The first kappa shape index (κ1) is 13.6. The Morgan fingerprint density at radius 3 is 2.79 bits per heavy atom. The van der Waals surface area contributed by atoms with Crippen molar-refractivity contribution in [3.05, 3.63) is 16.8 Å². The molecule has 6 heteroatoms. The first-order valence-electron chi connectivity index (χ1n) is 6.61. The molecule has 0 aromatic carbocycles. The molecule has 0 radical (unpaired) electrons. The van der Waals surface area contributed by atoms with Gasteiger partial charge in [0.25, 0.3) is 0 Å². The summed E-state index contributed by atoms with van der Waals surface area (Å²) >= 11 is 0. The van der Waals surface area contributed by atoms with Crippen LogP contribution in [0.4, 0.5) is 5.82 Å². The number of nitrogens with two attached hydrogens (primary N) is 1. The van der Waals surface area contributed by atoms with Crippen molar-refractivity contribution in [2.24, 2.45) is 16.8 Å². The fraction of sp³-hybridized carbons (Fsp3) is 0.615. The van der Waals surface area contributed by atoms with Gasteiger partial charge in [0, 0.05) is 13.1 Å². The normalized spacial score (nSPS) is 20.7. The minimum absolute atomic E-state index is 0.101. The maximum Gasteiger partial charge on any atom is 0.174 e. The highest BCUT2D eigenvalue weighted by molar-refractivity contribution is 6.02. The number of aryl methyl sites for hydroxylation is 1. The second-order valence-electron chi connectivity index (χ2n) is 5.29. The van der Waals surface area contributed by atoms with Crippen molar-refractivity contribution in [1.29, 1.82) is 0 Å². The smallest absolute Gasteiger partial charge is 0.174 e. The Labute approximate surface area is 113 Å². The molecular weight excluding hydrogens is 242 g/mol. The molecule has 0 saturated carbocycles. The molecule has 1 saturated heterocycles. The summed E-state index contributed by atoms with van der Waals surface area (Å²) in [5.41, 5.74) is 8.23. The molecule has 3 N–H and O–H groups in total. The molecule has 0 bridgehead atoms. The molecule has 0 aliphatic carbocycles. The maximum atomic E-state index is 8.97. The minimum Gasteiger partial charge on any atom is -0.409 e. The van der Waals surface area contributed by atoms with Crippen LogP contribution >= 0.6 is 0 Å². The molecule has 19 heavy (non-hydrogen) atoms. The molecule has 2 rings (SSSR count). The Hall–Kier alpha value is -1.85. The second kappa shape index (κ2) is 5.42. The zero-order valence-electron chi connectivity index (χ0n) is 11.7. The molecule has 0 spiro atoms. The quantitative estimate of drug-likeness (QED) is 0.365. The van der Waals surface area contributed by atoms with E-state index in [1.165, 1.54) is 6.42 Å². The number of rotatable bonds is 2. The van der Waals surface area contributed by atoms with Gasteiger partial charge in [-0.3, -0.25) is 0 Å². The molecule has 1 unspecified atom stereocenters. The third kappa shape index (κ3) is 2.62. The van der Waals surface area contributed by atoms with Gasteiger partial charge in [-0.2, -0.15) is 5.10 Å². The van der Waals surface area contributed by atoms with Crippen molar-refractivity contribution in [1.82, 2.24) is 10.2 Å². The average Bonchev–Trinajstić information content (AvgIpc) is 2.40. The summed E-state index contributed by atoms with van der Waals surface area (Å²) in [5.74, 6) is 1.45. The lowest BCUT2D eigenvalue weighted by Crippen LogP contribution is -2.37. The highest BCUT2D eigenvalue weighted by atomic mass is 16.4. The summed E-state index contributed by atoms with van der Waals surface area (Å²) in [4.78, 5) is 2.18. The van der Waals surface area contributed by atoms with Crippen molar-refractivity contribution >= 4 is 11.7 Å². The summed E-state index contributed by atoms with van der Waals surface area (Å²) in [6.07, 6.45) is 2.36. The first-order valence-corrected chi connectivity index (χ1v) is 6.61. The summed E-state index contributed by atoms with van der Waals surface area (Å²) in [6, 6.07) is 0. The third-order valence-corrected chi connectivity index (χ3v) is 3.76. The largest absolute Gasteiger partial charge is 0.409 e. The zero-order valence-corrected chi connectivity index (χ0v) is 11.7. The van der Waals surface area contributed by atoms with E-state index in [0.717, 1.165) is 36.6 Å². The van der Waals surface area contributed by atoms with E-state index in [9.17, 15) is 0 Å². The Morgan fingerprint density at radius 1 is 1.42 bits per heavy atom. The van der Waals surface area contributed by atoms with Crippen LogP contribution in [0.25, 0.3) is 0 Å². The van der Waals surface area contributed by atoms with E-state index in [1.54, 1.807) is 0 Å². The number of hydrogen-bond acceptors (Lipinski definition) is 5. The van der Waals surface area contributed by atoms with Crippen LogP contribution in [0.15, 0.2) is 5.16 Å². The van der Waals surface area contributed by atoms with Crippen LogP contribution in [-0.2, 0) is 0 Å². The predicted molar refractivity (Wildman–Crippen MR) is 74.6 cm³/mol. The molecule has 0 amide bonds. The number of anilines is 1. The van der Waals surface area contributed by atoms with Gasteiger partial charge in [0.2, 0.25) is 0 Å². The molecule has 1 aliphatic rings. The number of oxime groups is 1. The van der Waals surface area contributed by atoms with Gasteiger partial charge in [-0.15, -0.1) is 5.10 Å². The van der Waals surface area contributed by atoms with E-state index >= 15 is 0 Å². The van der Waals surface area contributed by atoms with Crippen LogP contribution in [-0.4, -0.2) is 34.3 Å². The maximum absolute atomic E-state index is 8.97. The zero-order chi connectivity index (χ0) is 14.0. The van der Waals surface area contributed by atoms with Crippen LogP contribution in [0.5, 0.6) is 0 Å². The third-order valence-electron chi connectivity index (χ3n) is 3.76. The summed E-state index contributed by atoms with van der Waals surface area (Å²) in [6.45, 7) is 7.90. The topological polar surface area (TPSA) is 87.6 Å². The highest BCUT2D eigenvalue weighted by Crippen LogP contribution is 2.26. The number of hydrogen-bond donors (Lipinski definition) is 2. The molecule has 1 fully saturated rings. The van der Waals surface area contributed by atoms with E-state index in [1.807, 2.05) is 13.8 Å². The summed E-state index contributed by atoms with van der Waals surface area (Å²) in [5, 5.41) is 20.6. The lowest BCUT2D eigenvalue weighted by Gasteiger charge is -2.33. The minimum atomic E-state index is 0.101. The van der Waals surface area contributed by atoms with E-state index < -0.39 is 0 Å². The molecule has 6 nitrogen and oxygen atoms in total. The van der Waals surface area contributed by atoms with Gasteiger partial charge in [0.15, 0.2) is 11.7 Å². The average molecular weight is 263 g/mol. The van der Waals surface area contributed by atoms with Crippen molar-refractivity contribution in [2.45, 2.75) is 33.6 Å². The SMILES string of the molecule is Cc1nnc(N2CCCC(C)C2)c(/C(N)=N/O)c1C. The summed E-state index contributed by atoms with van der Waals surface area (Å²) in [7, 11) is 0. The second-order valence-corrected chi connectivity index (χ2v) is 5.29. The molecule has 1 aromatic heterocycles. The fourth-order valence-electron chi connectivity index (χ4n) is 2.56. The van der Waals surface area contributed by atoms with Crippen molar-refractivity contribution < 1.29 is 5.21 Å². The van der Waals surface area contributed by atoms with Crippen molar-refractivity contribution in [2.75, 3.05) is 18.0 Å². The van der Waals surface area contributed by atoms with Gasteiger partial charge in [-0.05, 0) is 38.2 Å². The summed E-state index contributed by atoms with van der Waals surface area (Å²) < 4.78 is 0. The van der Waals surface area contributed by atoms with Crippen molar-refractivity contribution in [3.8, 4) is 0 Å². The number of nitrogens with zero attached hydrogens (tertiary/aromatic N) is 4. The number of amidine groups is 1. The van der Waals surface area contributed by atoms with Crippen LogP contribution < -0.4 is 10.6 Å². The van der Waals surface area contributed by atoms with Gasteiger partial charge in [-0.1, -0.05) is 12.1 Å². The lowest BCUT2D eigenvalue weighted by atomic mass is 9.99. The number of piperidine rings is 1. The monoisotopic (exact) mass is 263 g/mol. The highest BCUT2D eigenvalue weighted by Gasteiger charge is 2.24. The van der Waals surface area contributed by atoms with Crippen LogP contribution in [0, 0.1) is 19.8 Å². The molecular formula is C13H21N5O. The Bertz CT molecular complexity index is 500. The van der Waals surface area contributed by atoms with Crippen LogP contribution in [0.2, 0.25) is 0 Å². The molecule has 1 aliphatic heterocycles. The number of aromatic nitrogens is 2. The molecule has 104 valence electrons. The van der Waals surface area contributed by atoms with E-state index in [0.29, 0.717) is 11.5 Å².